The van der Waals surface area contributed by atoms with Crippen LogP contribution in [0.4, 0.5) is 0 Å². The van der Waals surface area contributed by atoms with Gasteiger partial charge in [0.15, 0.2) is 0 Å². The second-order valence-corrected chi connectivity index (χ2v) is 6.85. The Kier molecular flexibility index (Phi) is 5.49. The van der Waals surface area contributed by atoms with E-state index >= 15 is 0 Å². The first-order valence-electron chi connectivity index (χ1n) is 8.87. The van der Waals surface area contributed by atoms with Crippen molar-refractivity contribution in [2.24, 2.45) is 0 Å². The molecule has 0 radical (unpaired) electrons. The molecule has 0 aliphatic carbocycles. The van der Waals surface area contributed by atoms with E-state index in [1.54, 1.807) is 26.0 Å². The average Bonchev–Trinajstić information content (AvgIpc) is 2.68. The lowest BCUT2D eigenvalue weighted by molar-refractivity contribution is 0.275. The van der Waals surface area contributed by atoms with Crippen LogP contribution < -0.4 is 0 Å². The Morgan fingerprint density at radius 2 is 1.11 bits per heavy atom. The van der Waals surface area contributed by atoms with Gasteiger partial charge in [0, 0.05) is 17.0 Å². The van der Waals surface area contributed by atoms with Gasteiger partial charge in [-0.1, -0.05) is 42.5 Å². The van der Waals surface area contributed by atoms with E-state index < -0.39 is 0 Å². The summed E-state index contributed by atoms with van der Waals surface area (Å²) in [6.45, 7) is 3.11. The minimum Gasteiger partial charge on any atom is -0.507 e. The summed E-state index contributed by atoms with van der Waals surface area (Å²) in [5.74, 6) is 0.0393. The molecule has 4 heteroatoms. The van der Waals surface area contributed by atoms with E-state index in [-0.39, 0.29) is 30.6 Å². The fourth-order valence-electron chi connectivity index (χ4n) is 3.56. The second kappa shape index (κ2) is 7.82. The van der Waals surface area contributed by atoms with Crippen molar-refractivity contribution >= 4 is 0 Å². The first kappa shape index (κ1) is 19.0. The normalized spacial score (nSPS) is 11.1. The largest absolute Gasteiger partial charge is 0.507 e. The Morgan fingerprint density at radius 1 is 0.667 bits per heavy atom. The lowest BCUT2D eigenvalue weighted by Crippen LogP contribution is -2.06. The Morgan fingerprint density at radius 3 is 1.52 bits per heavy atom. The molecule has 0 aliphatic heterocycles. The van der Waals surface area contributed by atoms with Crippen LogP contribution in [0.3, 0.4) is 0 Å². The monoisotopic (exact) mass is 364 g/mol. The van der Waals surface area contributed by atoms with Crippen LogP contribution in [0.1, 0.15) is 44.9 Å². The lowest BCUT2D eigenvalue weighted by Gasteiger charge is -2.22. The van der Waals surface area contributed by atoms with Gasteiger partial charge in [-0.3, -0.25) is 0 Å². The van der Waals surface area contributed by atoms with Crippen molar-refractivity contribution in [1.29, 1.82) is 0 Å². The van der Waals surface area contributed by atoms with E-state index in [0.29, 0.717) is 22.3 Å². The maximum atomic E-state index is 10.2. The lowest BCUT2D eigenvalue weighted by atomic mass is 9.82. The quantitative estimate of drug-likeness (QED) is 0.518. The molecule has 140 valence electrons. The highest BCUT2D eigenvalue weighted by Gasteiger charge is 2.21. The molecule has 0 heterocycles. The number of aryl methyl sites for hydroxylation is 2. The number of hydrogen-bond acceptors (Lipinski definition) is 4. The summed E-state index contributed by atoms with van der Waals surface area (Å²) in [5.41, 5.74) is 5.22. The van der Waals surface area contributed by atoms with Gasteiger partial charge in [-0.25, -0.2) is 0 Å². The van der Waals surface area contributed by atoms with Gasteiger partial charge in [0.25, 0.3) is 0 Å². The van der Waals surface area contributed by atoms with E-state index in [9.17, 15) is 20.4 Å². The summed E-state index contributed by atoms with van der Waals surface area (Å²) >= 11 is 0. The maximum absolute atomic E-state index is 10.2. The van der Waals surface area contributed by atoms with Crippen molar-refractivity contribution in [1.82, 2.24) is 0 Å². The van der Waals surface area contributed by atoms with Crippen LogP contribution >= 0.6 is 0 Å². The smallest absolute Gasteiger partial charge is 0.124 e. The number of aromatic hydroxyl groups is 2. The number of aliphatic hydroxyl groups excluding tert-OH is 2. The van der Waals surface area contributed by atoms with Crippen LogP contribution in [-0.2, 0) is 13.2 Å². The summed E-state index contributed by atoms with van der Waals surface area (Å²) in [6.07, 6.45) is 0. The number of phenols is 2. The molecule has 0 saturated heterocycles. The van der Waals surface area contributed by atoms with Crippen molar-refractivity contribution in [2.75, 3.05) is 0 Å². The van der Waals surface area contributed by atoms with Gasteiger partial charge in [-0.05, 0) is 53.8 Å². The van der Waals surface area contributed by atoms with Crippen molar-refractivity contribution in [3.05, 3.63) is 93.5 Å². The molecule has 3 rings (SSSR count). The topological polar surface area (TPSA) is 80.9 Å². The molecule has 0 unspecified atom stereocenters. The van der Waals surface area contributed by atoms with Crippen LogP contribution in [0.15, 0.2) is 54.6 Å². The zero-order valence-corrected chi connectivity index (χ0v) is 15.5. The number of benzene rings is 3. The Hall–Kier alpha value is -2.82. The highest BCUT2D eigenvalue weighted by Crippen LogP contribution is 2.38. The van der Waals surface area contributed by atoms with Crippen LogP contribution in [0, 0.1) is 13.8 Å². The van der Waals surface area contributed by atoms with E-state index in [4.69, 9.17) is 0 Å². The summed E-state index contributed by atoms with van der Waals surface area (Å²) in [6, 6.07) is 17.3. The van der Waals surface area contributed by atoms with Gasteiger partial charge in [-0.15, -0.1) is 0 Å². The molecule has 0 aliphatic rings. The van der Waals surface area contributed by atoms with Gasteiger partial charge in [0.2, 0.25) is 0 Å². The number of hydrogen-bond donors (Lipinski definition) is 4. The van der Waals surface area contributed by atoms with Crippen molar-refractivity contribution < 1.29 is 20.4 Å². The van der Waals surface area contributed by atoms with E-state index in [1.807, 2.05) is 42.5 Å². The first-order valence-corrected chi connectivity index (χ1v) is 8.87. The molecule has 0 aromatic heterocycles. The van der Waals surface area contributed by atoms with Gasteiger partial charge in [-0.2, -0.15) is 0 Å². The van der Waals surface area contributed by atoms with Crippen LogP contribution in [0.5, 0.6) is 11.5 Å². The van der Waals surface area contributed by atoms with E-state index in [1.165, 1.54) is 0 Å². The molecule has 0 fully saturated rings. The minimum atomic E-state index is -0.251. The fourth-order valence-corrected chi connectivity index (χ4v) is 3.56. The molecule has 27 heavy (non-hydrogen) atoms. The molecular formula is C23H24O4. The molecule has 3 aromatic carbocycles. The molecule has 0 atom stereocenters. The molecular weight excluding hydrogens is 340 g/mol. The summed E-state index contributed by atoms with van der Waals surface area (Å²) in [4.78, 5) is 0. The zero-order chi connectivity index (χ0) is 19.6. The standard InChI is InChI=1S/C23H24O4/c1-14-8-17(10-19(12-24)22(14)26)21(16-6-4-3-5-7-16)18-9-15(2)23(27)20(11-18)13-25/h3-11,21,24-27H,12-13H2,1-2H3. The number of rotatable bonds is 5. The predicted octanol–water partition coefficient (Wildman–Crippen LogP) is 3.88. The second-order valence-electron chi connectivity index (χ2n) is 6.85. The highest BCUT2D eigenvalue weighted by atomic mass is 16.3. The third kappa shape index (κ3) is 3.68. The van der Waals surface area contributed by atoms with Gasteiger partial charge in [0.1, 0.15) is 11.5 Å². The number of aliphatic hydroxyl groups is 2. The van der Waals surface area contributed by atoms with Gasteiger partial charge >= 0.3 is 0 Å². The summed E-state index contributed by atoms with van der Waals surface area (Å²) < 4.78 is 0. The Labute approximate surface area is 159 Å². The van der Waals surface area contributed by atoms with E-state index in [0.717, 1.165) is 16.7 Å². The first-order chi connectivity index (χ1) is 13.0. The summed E-state index contributed by atoms with van der Waals surface area (Å²) in [7, 11) is 0. The highest BCUT2D eigenvalue weighted by molar-refractivity contribution is 5.53. The molecule has 3 aromatic rings. The van der Waals surface area contributed by atoms with Crippen molar-refractivity contribution in [3.8, 4) is 11.5 Å². The van der Waals surface area contributed by atoms with Gasteiger partial charge in [0.05, 0.1) is 13.2 Å². The minimum absolute atomic E-state index is 0.103. The zero-order valence-electron chi connectivity index (χ0n) is 15.5. The van der Waals surface area contributed by atoms with E-state index in [2.05, 4.69) is 0 Å². The predicted molar refractivity (Wildman–Crippen MR) is 105 cm³/mol. The van der Waals surface area contributed by atoms with Crippen molar-refractivity contribution in [2.45, 2.75) is 33.0 Å². The van der Waals surface area contributed by atoms with Crippen LogP contribution in [0.2, 0.25) is 0 Å². The fraction of sp³-hybridized carbons (Fsp3) is 0.217. The molecule has 0 spiro atoms. The third-order valence-corrected chi connectivity index (χ3v) is 4.94. The average molecular weight is 364 g/mol. The molecule has 4 nitrogen and oxygen atoms in total. The SMILES string of the molecule is Cc1cc(C(c2ccccc2)c2cc(C)c(O)c(CO)c2)cc(CO)c1O. The van der Waals surface area contributed by atoms with Crippen molar-refractivity contribution in [3.63, 3.8) is 0 Å². The molecule has 0 saturated carbocycles. The maximum Gasteiger partial charge on any atom is 0.124 e. The molecule has 4 N–H and O–H groups in total. The van der Waals surface area contributed by atoms with Crippen LogP contribution in [-0.4, -0.2) is 20.4 Å². The third-order valence-electron chi connectivity index (χ3n) is 4.94. The Bertz CT molecular complexity index is 889. The molecule has 0 amide bonds. The molecule has 0 bridgehead atoms. The van der Waals surface area contributed by atoms with Crippen LogP contribution in [0.25, 0.3) is 0 Å². The Balaban J connectivity index is 2.26. The van der Waals surface area contributed by atoms with Gasteiger partial charge < -0.3 is 20.4 Å². The summed E-state index contributed by atoms with van der Waals surface area (Å²) in [5, 5.41) is 39.6.